The zero-order valence-corrected chi connectivity index (χ0v) is 9.00. The minimum atomic E-state index is 0.266. The normalized spacial score (nSPS) is 18.1. The summed E-state index contributed by atoms with van der Waals surface area (Å²) in [6.45, 7) is 2.70. The Labute approximate surface area is 90.5 Å². The summed E-state index contributed by atoms with van der Waals surface area (Å²) < 4.78 is 0. The molecule has 0 amide bonds. The van der Waals surface area contributed by atoms with E-state index in [0.29, 0.717) is 0 Å². The van der Waals surface area contributed by atoms with Gasteiger partial charge in [-0.25, -0.2) is 0 Å². The van der Waals surface area contributed by atoms with Crippen LogP contribution in [0.4, 0.5) is 5.69 Å². The molecule has 0 saturated carbocycles. The van der Waals surface area contributed by atoms with Gasteiger partial charge in [0.05, 0.1) is 0 Å². The fraction of sp³-hybridized carbons (Fsp3) is 0.538. The van der Waals surface area contributed by atoms with Gasteiger partial charge in [0, 0.05) is 25.4 Å². The topological polar surface area (TPSA) is 23.5 Å². The van der Waals surface area contributed by atoms with Gasteiger partial charge >= 0.3 is 0 Å². The van der Waals surface area contributed by atoms with E-state index in [0.717, 1.165) is 6.42 Å². The second-order valence-corrected chi connectivity index (χ2v) is 4.58. The molecule has 1 aromatic rings. The third-order valence-corrected chi connectivity index (χ3v) is 3.57. The summed E-state index contributed by atoms with van der Waals surface area (Å²) in [6.07, 6.45) is 4.51. The zero-order valence-electron chi connectivity index (χ0n) is 9.00. The van der Waals surface area contributed by atoms with Gasteiger partial charge in [0.2, 0.25) is 0 Å². The van der Waals surface area contributed by atoms with Crippen LogP contribution < -0.4 is 4.90 Å². The summed E-state index contributed by atoms with van der Waals surface area (Å²) in [7, 11) is 0. The molecule has 1 aromatic carbocycles. The Morgan fingerprint density at radius 1 is 1.13 bits per heavy atom. The molecule has 0 unspecified atom stereocenters. The highest BCUT2D eigenvalue weighted by molar-refractivity contribution is 5.65. The molecular weight excluding hydrogens is 186 g/mol. The Balaban J connectivity index is 2.06. The Morgan fingerprint density at radius 3 is 2.73 bits per heavy atom. The van der Waals surface area contributed by atoms with Crippen LogP contribution in [0.2, 0.25) is 0 Å². The molecule has 15 heavy (non-hydrogen) atoms. The molecule has 2 nitrogen and oxygen atoms in total. The number of anilines is 1. The van der Waals surface area contributed by atoms with Crippen molar-refractivity contribution in [1.29, 1.82) is 0 Å². The molecule has 0 aromatic heterocycles. The lowest BCUT2D eigenvalue weighted by atomic mass is 9.96. The van der Waals surface area contributed by atoms with Crippen molar-refractivity contribution < 1.29 is 5.11 Å². The molecule has 2 aliphatic heterocycles. The Bertz CT molecular complexity index is 386. The van der Waals surface area contributed by atoms with Gasteiger partial charge in [-0.1, -0.05) is 12.1 Å². The van der Waals surface area contributed by atoms with Crippen molar-refractivity contribution in [3.63, 3.8) is 0 Å². The first kappa shape index (κ1) is 9.22. The van der Waals surface area contributed by atoms with Crippen molar-refractivity contribution in [2.45, 2.75) is 25.7 Å². The maximum atomic E-state index is 8.99. The predicted molar refractivity (Wildman–Crippen MR) is 61.5 cm³/mol. The number of aliphatic hydroxyl groups excluding tert-OH is 1. The van der Waals surface area contributed by atoms with E-state index in [4.69, 9.17) is 5.11 Å². The minimum Gasteiger partial charge on any atom is -0.396 e. The second-order valence-electron chi connectivity index (χ2n) is 4.58. The largest absolute Gasteiger partial charge is 0.396 e. The summed E-state index contributed by atoms with van der Waals surface area (Å²) in [4.78, 5) is 2.52. The number of nitrogens with zero attached hydrogens (tertiary/aromatic N) is 1. The smallest absolute Gasteiger partial charge is 0.0471 e. The summed E-state index contributed by atoms with van der Waals surface area (Å²) in [5.74, 6) is 0. The third kappa shape index (κ3) is 1.44. The number of rotatable bonds is 2. The lowest BCUT2D eigenvalue weighted by Gasteiger charge is -2.27. The van der Waals surface area contributed by atoms with Gasteiger partial charge in [-0.15, -0.1) is 0 Å². The van der Waals surface area contributed by atoms with Crippen LogP contribution in [0.3, 0.4) is 0 Å². The van der Waals surface area contributed by atoms with Crippen LogP contribution in [0.5, 0.6) is 0 Å². The zero-order chi connectivity index (χ0) is 10.3. The average Bonchev–Trinajstić information content (AvgIpc) is 2.64. The van der Waals surface area contributed by atoms with E-state index < -0.39 is 0 Å². The van der Waals surface area contributed by atoms with Gasteiger partial charge < -0.3 is 10.0 Å². The van der Waals surface area contributed by atoms with Crippen LogP contribution in [-0.2, 0) is 19.3 Å². The molecular formula is C13H17NO. The monoisotopic (exact) mass is 203 g/mol. The summed E-state index contributed by atoms with van der Waals surface area (Å²) in [5.41, 5.74) is 5.85. The molecule has 0 saturated heterocycles. The lowest BCUT2D eigenvalue weighted by molar-refractivity contribution is 0.299. The van der Waals surface area contributed by atoms with Crippen LogP contribution in [0.1, 0.15) is 23.1 Å². The molecule has 80 valence electrons. The van der Waals surface area contributed by atoms with Gasteiger partial charge in [0.25, 0.3) is 0 Å². The molecule has 0 radical (unpaired) electrons. The minimum absolute atomic E-state index is 0.266. The van der Waals surface area contributed by atoms with E-state index in [9.17, 15) is 0 Å². The molecule has 0 aliphatic carbocycles. The van der Waals surface area contributed by atoms with Crippen LogP contribution in [0, 0.1) is 0 Å². The highest BCUT2D eigenvalue weighted by Crippen LogP contribution is 2.36. The molecule has 0 spiro atoms. The van der Waals surface area contributed by atoms with Crippen LogP contribution in [-0.4, -0.2) is 24.8 Å². The van der Waals surface area contributed by atoms with E-state index in [1.54, 1.807) is 0 Å². The lowest BCUT2D eigenvalue weighted by Crippen LogP contribution is -2.26. The second kappa shape index (κ2) is 3.53. The fourth-order valence-corrected chi connectivity index (χ4v) is 2.94. The van der Waals surface area contributed by atoms with Gasteiger partial charge in [-0.3, -0.25) is 0 Å². The fourth-order valence-electron chi connectivity index (χ4n) is 2.94. The number of aryl methyl sites for hydroxylation is 1. The first-order valence-corrected chi connectivity index (χ1v) is 5.89. The van der Waals surface area contributed by atoms with Gasteiger partial charge in [0.15, 0.2) is 0 Å². The van der Waals surface area contributed by atoms with Crippen molar-refractivity contribution in [2.24, 2.45) is 0 Å². The maximum Gasteiger partial charge on any atom is 0.0471 e. The van der Waals surface area contributed by atoms with E-state index in [1.807, 2.05) is 0 Å². The van der Waals surface area contributed by atoms with Crippen molar-refractivity contribution in [3.05, 3.63) is 28.8 Å². The van der Waals surface area contributed by atoms with Crippen molar-refractivity contribution in [1.82, 2.24) is 0 Å². The third-order valence-electron chi connectivity index (χ3n) is 3.57. The maximum absolute atomic E-state index is 8.99. The summed E-state index contributed by atoms with van der Waals surface area (Å²) in [5, 5.41) is 8.99. The average molecular weight is 203 g/mol. The highest BCUT2D eigenvalue weighted by atomic mass is 16.2. The predicted octanol–water partition coefficient (Wildman–Crippen LogP) is 1.53. The SMILES string of the molecule is OCCc1cc2c3c(c1)CCN3CCC2. The van der Waals surface area contributed by atoms with Crippen LogP contribution >= 0.6 is 0 Å². The first-order chi connectivity index (χ1) is 7.38. The van der Waals surface area contributed by atoms with E-state index in [-0.39, 0.29) is 6.61 Å². The summed E-state index contributed by atoms with van der Waals surface area (Å²) in [6, 6.07) is 4.59. The van der Waals surface area contributed by atoms with E-state index in [1.165, 1.54) is 54.7 Å². The van der Waals surface area contributed by atoms with Crippen molar-refractivity contribution in [2.75, 3.05) is 24.6 Å². The Morgan fingerprint density at radius 2 is 1.93 bits per heavy atom. The Hall–Kier alpha value is -1.02. The molecule has 0 bridgehead atoms. The van der Waals surface area contributed by atoms with E-state index >= 15 is 0 Å². The number of hydrogen-bond acceptors (Lipinski definition) is 2. The highest BCUT2D eigenvalue weighted by Gasteiger charge is 2.25. The van der Waals surface area contributed by atoms with Gasteiger partial charge in [-0.2, -0.15) is 0 Å². The molecule has 0 fully saturated rings. The molecule has 3 rings (SSSR count). The molecule has 2 heteroatoms. The quantitative estimate of drug-likeness (QED) is 0.788. The summed E-state index contributed by atoms with van der Waals surface area (Å²) >= 11 is 0. The van der Waals surface area contributed by atoms with Crippen molar-refractivity contribution in [3.8, 4) is 0 Å². The number of aliphatic hydroxyl groups is 1. The Kier molecular flexibility index (Phi) is 2.17. The van der Waals surface area contributed by atoms with Crippen LogP contribution in [0.25, 0.3) is 0 Å². The standard InChI is InChI=1S/C13H17NO/c15-7-4-10-8-11-2-1-5-14-6-3-12(9-10)13(11)14/h8-9,15H,1-7H2. The van der Waals surface area contributed by atoms with Gasteiger partial charge in [0.1, 0.15) is 0 Å². The molecule has 2 aliphatic rings. The molecule has 0 atom stereocenters. The van der Waals surface area contributed by atoms with Gasteiger partial charge in [-0.05, 0) is 42.4 Å². The van der Waals surface area contributed by atoms with Crippen LogP contribution in [0.15, 0.2) is 12.1 Å². The van der Waals surface area contributed by atoms with Crippen molar-refractivity contribution >= 4 is 5.69 Å². The number of benzene rings is 1. The molecule has 2 heterocycles. The number of hydrogen-bond donors (Lipinski definition) is 1. The van der Waals surface area contributed by atoms with E-state index in [2.05, 4.69) is 17.0 Å². The molecule has 1 N–H and O–H groups in total. The first-order valence-electron chi connectivity index (χ1n) is 5.89.